The van der Waals surface area contributed by atoms with Gasteiger partial charge >= 0.3 is 0 Å². The number of aryl methyl sites for hydroxylation is 1. The summed E-state index contributed by atoms with van der Waals surface area (Å²) in [6.45, 7) is 1.58. The molecule has 3 aliphatic carbocycles. The van der Waals surface area contributed by atoms with E-state index in [0.717, 1.165) is 11.3 Å². The molecule has 0 unspecified atom stereocenters. The lowest BCUT2D eigenvalue weighted by Crippen LogP contribution is -2.46. The summed E-state index contributed by atoms with van der Waals surface area (Å²) in [5, 5.41) is 10.9. The van der Waals surface area contributed by atoms with E-state index >= 15 is 0 Å². The predicted molar refractivity (Wildman–Crippen MR) is 83.1 cm³/mol. The van der Waals surface area contributed by atoms with Crippen molar-refractivity contribution >= 4 is 29.0 Å². The van der Waals surface area contributed by atoms with Crippen LogP contribution in [0.15, 0.2) is 18.2 Å². The largest absolute Gasteiger partial charge is 0.299 e. The van der Waals surface area contributed by atoms with Crippen molar-refractivity contribution in [2.45, 2.75) is 26.2 Å². The first-order valence-electron chi connectivity index (χ1n) is 8.05. The smallest absolute Gasteiger partial charge is 0.272 e. The van der Waals surface area contributed by atoms with Crippen LogP contribution in [0.5, 0.6) is 0 Å². The van der Waals surface area contributed by atoms with Gasteiger partial charge in [-0.15, -0.1) is 0 Å². The minimum Gasteiger partial charge on any atom is -0.299 e. The second-order valence-electron chi connectivity index (χ2n) is 6.91. The van der Waals surface area contributed by atoms with Crippen molar-refractivity contribution in [3.63, 3.8) is 0 Å². The number of hydrogen-bond donors (Lipinski definition) is 0. The summed E-state index contributed by atoms with van der Waals surface area (Å²) in [7, 11) is 0. The summed E-state index contributed by atoms with van der Waals surface area (Å²) in [5.41, 5.74) is 0.701. The lowest BCUT2D eigenvalue weighted by molar-refractivity contribution is -0.385. The number of nitro benzene ring substituents is 1. The number of rotatable bonds is 2. The second kappa shape index (κ2) is 4.96. The summed E-state index contributed by atoms with van der Waals surface area (Å²) in [5.74, 6) is -1.86. The lowest BCUT2D eigenvalue weighted by atomic mass is 9.59. The van der Waals surface area contributed by atoms with Gasteiger partial charge in [-0.1, -0.05) is 0 Å². The molecule has 2 amide bonds. The van der Waals surface area contributed by atoms with Crippen LogP contribution in [0.3, 0.4) is 0 Å². The number of hydrogen-bond acceptors (Lipinski definition) is 5. The van der Waals surface area contributed by atoms with Crippen LogP contribution in [0, 0.1) is 40.7 Å². The van der Waals surface area contributed by atoms with Gasteiger partial charge in [0, 0.05) is 24.0 Å². The molecule has 24 heavy (non-hydrogen) atoms. The number of anilines is 1. The van der Waals surface area contributed by atoms with E-state index in [4.69, 9.17) is 0 Å². The third-order valence-corrected chi connectivity index (χ3v) is 5.70. The molecule has 1 saturated heterocycles. The minimum absolute atomic E-state index is 0.0481. The topological polar surface area (TPSA) is 97.6 Å². The van der Waals surface area contributed by atoms with Crippen LogP contribution in [-0.4, -0.2) is 22.5 Å². The molecule has 1 aromatic carbocycles. The lowest BCUT2D eigenvalue weighted by Gasteiger charge is -2.41. The highest BCUT2D eigenvalue weighted by Crippen LogP contribution is 2.52. The van der Waals surface area contributed by atoms with E-state index in [0.29, 0.717) is 24.1 Å². The first kappa shape index (κ1) is 15.0. The molecule has 7 nitrogen and oxygen atoms in total. The zero-order chi connectivity index (χ0) is 17.2. The highest BCUT2D eigenvalue weighted by molar-refractivity contribution is 6.23. The van der Waals surface area contributed by atoms with E-state index in [-0.39, 0.29) is 35.1 Å². The molecule has 5 rings (SSSR count). The van der Waals surface area contributed by atoms with Crippen LogP contribution in [0.2, 0.25) is 0 Å². The highest BCUT2D eigenvalue weighted by Gasteiger charge is 2.60. The van der Waals surface area contributed by atoms with Crippen molar-refractivity contribution in [3.05, 3.63) is 33.9 Å². The molecule has 4 atom stereocenters. The third kappa shape index (κ3) is 1.87. The SMILES string of the molecule is Cc1cc(N2C(=O)[C@@H]3[C@H]4CC[C@H](C(=O)C4)[C@@H]3C2=O)ccc1[N+](=O)[O-]. The molecule has 0 N–H and O–H groups in total. The summed E-state index contributed by atoms with van der Waals surface area (Å²) in [4.78, 5) is 49.4. The quantitative estimate of drug-likeness (QED) is 0.470. The average molecular weight is 328 g/mol. The number of carbonyl (C=O) groups is 3. The third-order valence-electron chi connectivity index (χ3n) is 5.70. The van der Waals surface area contributed by atoms with Crippen molar-refractivity contribution in [2.24, 2.45) is 23.7 Å². The van der Waals surface area contributed by atoms with Gasteiger partial charge < -0.3 is 0 Å². The maximum absolute atomic E-state index is 12.8. The summed E-state index contributed by atoms with van der Waals surface area (Å²) in [6.07, 6.45) is 1.87. The van der Waals surface area contributed by atoms with E-state index < -0.39 is 16.8 Å². The number of Topliss-reactive ketones (excluding diaryl/α,β-unsaturated/α-hetero) is 1. The van der Waals surface area contributed by atoms with E-state index in [1.165, 1.54) is 18.2 Å². The Bertz CT molecular complexity index is 802. The summed E-state index contributed by atoms with van der Waals surface area (Å²) >= 11 is 0. The van der Waals surface area contributed by atoms with E-state index in [2.05, 4.69) is 0 Å². The molecule has 7 heteroatoms. The van der Waals surface area contributed by atoms with Gasteiger partial charge in [0.05, 0.1) is 22.4 Å². The van der Waals surface area contributed by atoms with Gasteiger partial charge in [0.25, 0.3) is 5.69 Å². The molecular weight excluding hydrogens is 312 g/mol. The monoisotopic (exact) mass is 328 g/mol. The normalized spacial score (nSPS) is 31.5. The highest BCUT2D eigenvalue weighted by atomic mass is 16.6. The first-order chi connectivity index (χ1) is 11.4. The standard InChI is InChI=1S/C17H16N2O5/c1-8-6-10(3-5-12(8)19(23)24)18-16(21)14-9-2-4-11(13(20)7-9)15(14)17(18)22/h3,5-6,9,11,14-15H,2,4,7H2,1H3/t9-,11+,14+,15-/m0/s1. The Balaban J connectivity index is 1.74. The average Bonchev–Trinajstić information content (AvgIpc) is 2.80. The van der Waals surface area contributed by atoms with Crippen LogP contribution >= 0.6 is 0 Å². The minimum atomic E-state index is -0.548. The maximum atomic E-state index is 12.8. The number of nitrogens with zero attached hydrogens (tertiary/aromatic N) is 2. The molecule has 3 saturated carbocycles. The molecular formula is C17H16N2O5. The number of nitro groups is 1. The van der Waals surface area contributed by atoms with Gasteiger partial charge in [0.1, 0.15) is 5.78 Å². The molecule has 0 aromatic heterocycles. The fourth-order valence-corrected chi connectivity index (χ4v) is 4.62. The van der Waals surface area contributed by atoms with Crippen LogP contribution in [0.1, 0.15) is 24.8 Å². The zero-order valence-electron chi connectivity index (χ0n) is 13.1. The fraction of sp³-hybridized carbons (Fsp3) is 0.471. The van der Waals surface area contributed by atoms with Crippen molar-refractivity contribution in [1.82, 2.24) is 0 Å². The maximum Gasteiger partial charge on any atom is 0.272 e. The van der Waals surface area contributed by atoms with Gasteiger partial charge in [-0.05, 0) is 37.8 Å². The number of amides is 2. The van der Waals surface area contributed by atoms with Gasteiger partial charge in [-0.3, -0.25) is 29.4 Å². The first-order valence-corrected chi connectivity index (χ1v) is 8.05. The predicted octanol–water partition coefficient (Wildman–Crippen LogP) is 2.01. The zero-order valence-corrected chi connectivity index (χ0v) is 13.1. The van der Waals surface area contributed by atoms with Gasteiger partial charge in [0.2, 0.25) is 11.8 Å². The van der Waals surface area contributed by atoms with Crippen LogP contribution in [-0.2, 0) is 14.4 Å². The van der Waals surface area contributed by atoms with Gasteiger partial charge in [0.15, 0.2) is 0 Å². The number of carbonyl (C=O) groups excluding carboxylic acids is 3. The summed E-state index contributed by atoms with van der Waals surface area (Å²) in [6, 6.07) is 4.24. The number of fused-ring (bicyclic) bond motifs is 2. The molecule has 2 bridgehead atoms. The molecule has 0 radical (unpaired) electrons. The van der Waals surface area contributed by atoms with Crippen LogP contribution in [0.4, 0.5) is 11.4 Å². The van der Waals surface area contributed by atoms with Crippen molar-refractivity contribution in [1.29, 1.82) is 0 Å². The Hall–Kier alpha value is -2.57. The Morgan fingerprint density at radius 2 is 1.83 bits per heavy atom. The molecule has 1 aromatic rings. The van der Waals surface area contributed by atoms with Crippen molar-refractivity contribution in [3.8, 4) is 0 Å². The van der Waals surface area contributed by atoms with Crippen molar-refractivity contribution in [2.75, 3.05) is 4.90 Å². The van der Waals surface area contributed by atoms with Gasteiger partial charge in [-0.2, -0.15) is 0 Å². The van der Waals surface area contributed by atoms with E-state index in [9.17, 15) is 24.5 Å². The molecule has 1 heterocycles. The fourth-order valence-electron chi connectivity index (χ4n) is 4.62. The van der Waals surface area contributed by atoms with Crippen LogP contribution < -0.4 is 4.90 Å². The second-order valence-corrected chi connectivity index (χ2v) is 6.91. The molecule has 4 fully saturated rings. The molecule has 4 aliphatic rings. The molecule has 124 valence electrons. The van der Waals surface area contributed by atoms with E-state index in [1.54, 1.807) is 6.92 Å². The van der Waals surface area contributed by atoms with Crippen molar-refractivity contribution < 1.29 is 19.3 Å². The summed E-state index contributed by atoms with van der Waals surface area (Å²) < 4.78 is 0. The number of imide groups is 1. The van der Waals surface area contributed by atoms with Gasteiger partial charge in [-0.25, -0.2) is 0 Å². The Morgan fingerprint density at radius 3 is 2.46 bits per heavy atom. The molecule has 0 spiro atoms. The Kier molecular flexibility index (Phi) is 3.10. The van der Waals surface area contributed by atoms with Crippen LogP contribution in [0.25, 0.3) is 0 Å². The molecule has 1 aliphatic heterocycles. The Morgan fingerprint density at radius 1 is 1.12 bits per heavy atom. The Labute approximate surface area is 137 Å². The number of benzene rings is 1. The van der Waals surface area contributed by atoms with E-state index in [1.807, 2.05) is 0 Å². The number of ketones is 1.